The van der Waals surface area contributed by atoms with Gasteiger partial charge < -0.3 is 4.74 Å². The van der Waals surface area contributed by atoms with Gasteiger partial charge >= 0.3 is 0 Å². The molecule has 3 heteroatoms. The van der Waals surface area contributed by atoms with E-state index in [2.05, 4.69) is 16.3 Å². The fraction of sp³-hybridized carbons (Fsp3) is 0.0909. The topological polar surface area (TPSA) is 35.0 Å². The van der Waals surface area contributed by atoms with E-state index in [1.807, 2.05) is 24.3 Å². The molecule has 0 aliphatic carbocycles. The van der Waals surface area contributed by atoms with Crippen molar-refractivity contribution in [3.05, 3.63) is 43.0 Å². The fourth-order valence-electron chi connectivity index (χ4n) is 1.20. The van der Waals surface area contributed by atoms with Gasteiger partial charge in [-0.25, -0.2) is 9.97 Å². The van der Waals surface area contributed by atoms with Crippen LogP contribution >= 0.6 is 0 Å². The van der Waals surface area contributed by atoms with Crippen molar-refractivity contribution in [3.63, 3.8) is 0 Å². The monoisotopic (exact) mass is 185 g/mol. The van der Waals surface area contributed by atoms with Crippen molar-refractivity contribution < 1.29 is 4.74 Å². The molecule has 0 bridgehead atoms. The minimum absolute atomic E-state index is 0.845. The molecule has 1 aromatic heterocycles. The number of nitrogens with zero attached hydrogens (tertiary/aromatic N) is 2. The first-order chi connectivity index (χ1) is 6.90. The molecule has 69 valence electrons. The molecule has 0 N–H and O–H groups in total. The number of methoxy groups -OCH3 is 1. The Labute approximate surface area is 82.4 Å². The number of ether oxygens (including phenoxy) is 1. The van der Waals surface area contributed by atoms with Crippen LogP contribution in [-0.4, -0.2) is 17.1 Å². The van der Waals surface area contributed by atoms with Gasteiger partial charge in [0, 0.05) is 18.0 Å². The summed E-state index contributed by atoms with van der Waals surface area (Å²) in [7, 11) is 1.65. The summed E-state index contributed by atoms with van der Waals surface area (Å²) in [4.78, 5) is 7.67. The highest BCUT2D eigenvalue weighted by atomic mass is 16.5. The Hall–Kier alpha value is -1.90. The van der Waals surface area contributed by atoms with Crippen molar-refractivity contribution in [2.24, 2.45) is 0 Å². The molecule has 0 unspecified atom stereocenters. The van der Waals surface area contributed by atoms with E-state index in [-0.39, 0.29) is 0 Å². The van der Waals surface area contributed by atoms with Crippen molar-refractivity contribution in [2.45, 2.75) is 0 Å². The van der Waals surface area contributed by atoms with Crippen LogP contribution in [0.3, 0.4) is 0 Å². The molecule has 0 aliphatic heterocycles. The van der Waals surface area contributed by atoms with Crippen LogP contribution < -0.4 is 4.74 Å². The summed E-state index contributed by atoms with van der Waals surface area (Å²) < 4.78 is 5.07. The summed E-state index contributed by atoms with van der Waals surface area (Å²) in [5, 5.41) is 0. The quantitative estimate of drug-likeness (QED) is 0.717. The third-order valence-electron chi connectivity index (χ3n) is 1.95. The third-order valence-corrected chi connectivity index (χ3v) is 1.95. The Bertz CT molecular complexity index is 397. The largest absolute Gasteiger partial charge is 0.497 e. The van der Waals surface area contributed by atoms with Crippen molar-refractivity contribution in [1.82, 2.24) is 9.97 Å². The zero-order valence-electron chi connectivity index (χ0n) is 7.77. The van der Waals surface area contributed by atoms with Gasteiger partial charge in [0.25, 0.3) is 0 Å². The molecule has 1 aromatic carbocycles. The second-order valence-corrected chi connectivity index (χ2v) is 2.80. The van der Waals surface area contributed by atoms with Crippen LogP contribution in [0.2, 0.25) is 0 Å². The van der Waals surface area contributed by atoms with Crippen LogP contribution in [0.1, 0.15) is 0 Å². The highest BCUT2D eigenvalue weighted by Gasteiger charge is 1.97. The highest BCUT2D eigenvalue weighted by molar-refractivity contribution is 5.61. The van der Waals surface area contributed by atoms with Crippen molar-refractivity contribution >= 4 is 0 Å². The first-order valence-electron chi connectivity index (χ1n) is 4.22. The lowest BCUT2D eigenvalue weighted by Gasteiger charge is -2.01. The second-order valence-electron chi connectivity index (χ2n) is 2.80. The van der Waals surface area contributed by atoms with Crippen LogP contribution in [0, 0.1) is 6.33 Å². The van der Waals surface area contributed by atoms with E-state index >= 15 is 0 Å². The van der Waals surface area contributed by atoms with E-state index in [1.54, 1.807) is 19.5 Å². The molecule has 3 nitrogen and oxygen atoms in total. The van der Waals surface area contributed by atoms with E-state index in [4.69, 9.17) is 4.74 Å². The summed E-state index contributed by atoms with van der Waals surface area (Å²) in [6.45, 7) is 0. The molecule has 1 radical (unpaired) electrons. The van der Waals surface area contributed by atoms with Crippen LogP contribution in [0.5, 0.6) is 5.75 Å². The maximum Gasteiger partial charge on any atom is 0.197 e. The minimum Gasteiger partial charge on any atom is -0.497 e. The van der Waals surface area contributed by atoms with Crippen LogP contribution in [0.4, 0.5) is 0 Å². The Morgan fingerprint density at radius 3 is 2.21 bits per heavy atom. The SMILES string of the molecule is COc1ccc(-c2cn[c]nc2)cc1. The molecule has 0 saturated carbocycles. The predicted molar refractivity (Wildman–Crippen MR) is 52.9 cm³/mol. The van der Waals surface area contributed by atoms with Gasteiger partial charge in [-0.15, -0.1) is 0 Å². The van der Waals surface area contributed by atoms with Crippen LogP contribution in [0.25, 0.3) is 11.1 Å². The Morgan fingerprint density at radius 2 is 1.64 bits per heavy atom. The van der Waals surface area contributed by atoms with Crippen LogP contribution in [-0.2, 0) is 0 Å². The predicted octanol–water partition coefficient (Wildman–Crippen LogP) is 1.95. The molecule has 2 aromatic rings. The Balaban J connectivity index is 2.34. The number of rotatable bonds is 2. The molecule has 0 spiro atoms. The maximum atomic E-state index is 5.07. The van der Waals surface area contributed by atoms with Gasteiger partial charge in [-0.05, 0) is 17.7 Å². The van der Waals surface area contributed by atoms with Crippen molar-refractivity contribution in [3.8, 4) is 16.9 Å². The van der Waals surface area contributed by atoms with Gasteiger partial charge in [0.2, 0.25) is 0 Å². The first kappa shape index (κ1) is 8.69. The minimum atomic E-state index is 0.845. The van der Waals surface area contributed by atoms with E-state index < -0.39 is 0 Å². The summed E-state index contributed by atoms with van der Waals surface area (Å²) in [5.41, 5.74) is 2.05. The number of benzene rings is 1. The van der Waals surface area contributed by atoms with E-state index in [1.165, 1.54) is 0 Å². The lowest BCUT2D eigenvalue weighted by Crippen LogP contribution is -1.84. The zero-order chi connectivity index (χ0) is 9.80. The van der Waals surface area contributed by atoms with Crippen molar-refractivity contribution in [2.75, 3.05) is 7.11 Å². The molecule has 14 heavy (non-hydrogen) atoms. The van der Waals surface area contributed by atoms with Gasteiger partial charge in [-0.1, -0.05) is 12.1 Å². The first-order valence-corrected chi connectivity index (χ1v) is 4.22. The normalized spacial score (nSPS) is 9.79. The van der Waals surface area contributed by atoms with Gasteiger partial charge in [0.05, 0.1) is 7.11 Å². The maximum absolute atomic E-state index is 5.07. The second kappa shape index (κ2) is 3.87. The lowest BCUT2D eigenvalue weighted by atomic mass is 10.1. The summed E-state index contributed by atoms with van der Waals surface area (Å²) in [6.07, 6.45) is 5.96. The Kier molecular flexibility index (Phi) is 2.40. The van der Waals surface area contributed by atoms with E-state index in [9.17, 15) is 0 Å². The Morgan fingerprint density at radius 1 is 1.00 bits per heavy atom. The number of hydrogen-bond acceptors (Lipinski definition) is 3. The molecular formula is C11H9N2O. The van der Waals surface area contributed by atoms with E-state index in [0.717, 1.165) is 16.9 Å². The molecule has 0 amide bonds. The molecule has 0 saturated heterocycles. The number of hydrogen-bond donors (Lipinski definition) is 0. The molecule has 0 fully saturated rings. The molecule has 1 heterocycles. The van der Waals surface area contributed by atoms with Gasteiger partial charge in [-0.2, -0.15) is 0 Å². The highest BCUT2D eigenvalue weighted by Crippen LogP contribution is 2.20. The molecule has 0 aliphatic rings. The third kappa shape index (κ3) is 1.71. The average molecular weight is 185 g/mol. The summed E-state index contributed by atoms with van der Waals surface area (Å²) in [6, 6.07) is 7.76. The average Bonchev–Trinajstić information content (AvgIpc) is 2.30. The van der Waals surface area contributed by atoms with Gasteiger partial charge in [0.1, 0.15) is 5.75 Å². The molecule has 0 atom stereocenters. The van der Waals surface area contributed by atoms with Gasteiger partial charge in [-0.3, -0.25) is 0 Å². The standard InChI is InChI=1S/C11H9N2O/c1-14-11-4-2-9(3-5-11)10-6-12-8-13-7-10/h2-7H,1H3. The van der Waals surface area contributed by atoms with Gasteiger partial charge in [0.15, 0.2) is 6.33 Å². The van der Waals surface area contributed by atoms with Crippen LogP contribution in [0.15, 0.2) is 36.7 Å². The van der Waals surface area contributed by atoms with Crippen molar-refractivity contribution in [1.29, 1.82) is 0 Å². The summed E-state index contributed by atoms with van der Waals surface area (Å²) in [5.74, 6) is 0.845. The summed E-state index contributed by atoms with van der Waals surface area (Å²) >= 11 is 0. The fourth-order valence-corrected chi connectivity index (χ4v) is 1.20. The molecular weight excluding hydrogens is 176 g/mol. The smallest absolute Gasteiger partial charge is 0.197 e. The van der Waals surface area contributed by atoms with E-state index in [0.29, 0.717) is 0 Å². The number of aromatic nitrogens is 2. The molecule has 2 rings (SSSR count). The lowest BCUT2D eigenvalue weighted by molar-refractivity contribution is 0.415. The zero-order valence-corrected chi connectivity index (χ0v) is 7.77.